The van der Waals surface area contributed by atoms with Crippen LogP contribution in [0.3, 0.4) is 0 Å². The van der Waals surface area contributed by atoms with Gasteiger partial charge in [0.05, 0.1) is 0 Å². The van der Waals surface area contributed by atoms with Crippen molar-refractivity contribution in [3.8, 4) is 5.75 Å². The Balaban J connectivity index is 2.68. The van der Waals surface area contributed by atoms with Gasteiger partial charge in [-0.3, -0.25) is 0 Å². The highest BCUT2D eigenvalue weighted by Crippen LogP contribution is 2.42. The molecule has 1 aromatic carbocycles. The second kappa shape index (κ2) is 3.65. The van der Waals surface area contributed by atoms with Crippen LogP contribution in [0.25, 0.3) is 0 Å². The molecule has 1 aliphatic heterocycles. The fourth-order valence-corrected chi connectivity index (χ4v) is 1.97. The molecule has 1 aromatic rings. The lowest BCUT2D eigenvalue weighted by Gasteiger charge is -2.33. The van der Waals surface area contributed by atoms with E-state index in [0.717, 1.165) is 5.56 Å². The first-order valence-corrected chi connectivity index (χ1v) is 5.10. The van der Waals surface area contributed by atoms with Gasteiger partial charge < -0.3 is 9.84 Å². The average Bonchev–Trinajstić information content (AvgIpc) is 2.28. The van der Waals surface area contributed by atoms with Gasteiger partial charge in [-0.05, 0) is 19.1 Å². The largest absolute Gasteiger partial charge is 0.457 e. The van der Waals surface area contributed by atoms with Crippen LogP contribution in [0.15, 0.2) is 60.9 Å². The van der Waals surface area contributed by atoms with Crippen molar-refractivity contribution in [1.29, 1.82) is 0 Å². The van der Waals surface area contributed by atoms with Crippen LogP contribution in [0.5, 0.6) is 5.75 Å². The van der Waals surface area contributed by atoms with Crippen LogP contribution < -0.4 is 4.74 Å². The maximum absolute atomic E-state index is 10.5. The molecule has 0 saturated carbocycles. The Morgan fingerprint density at radius 2 is 1.94 bits per heavy atom. The van der Waals surface area contributed by atoms with E-state index in [2.05, 4.69) is 13.2 Å². The van der Waals surface area contributed by atoms with E-state index in [4.69, 9.17) is 4.74 Å². The molecule has 16 heavy (non-hydrogen) atoms. The van der Waals surface area contributed by atoms with E-state index in [0.29, 0.717) is 17.1 Å². The summed E-state index contributed by atoms with van der Waals surface area (Å²) in [5.74, 6) is 1.21. The molecule has 0 radical (unpaired) electrons. The van der Waals surface area contributed by atoms with Gasteiger partial charge in [0.2, 0.25) is 0 Å². The average molecular weight is 214 g/mol. The quantitative estimate of drug-likeness (QED) is 0.820. The van der Waals surface area contributed by atoms with Gasteiger partial charge in [0.1, 0.15) is 17.1 Å². The molecule has 82 valence electrons. The summed E-state index contributed by atoms with van der Waals surface area (Å²) in [5.41, 5.74) is 0.303. The minimum atomic E-state index is -1.08. The fourth-order valence-electron chi connectivity index (χ4n) is 1.97. The Bertz CT molecular complexity index is 481. The lowest BCUT2D eigenvalue weighted by Crippen LogP contribution is -2.29. The van der Waals surface area contributed by atoms with E-state index < -0.39 is 5.60 Å². The lowest BCUT2D eigenvalue weighted by molar-refractivity contribution is 0.0873. The zero-order valence-electron chi connectivity index (χ0n) is 9.23. The van der Waals surface area contributed by atoms with Gasteiger partial charge >= 0.3 is 0 Å². The molecule has 0 aromatic heterocycles. The Kier molecular flexibility index (Phi) is 2.44. The topological polar surface area (TPSA) is 29.5 Å². The fraction of sp³-hybridized carbons (Fsp3) is 0.143. The third-order valence-electron chi connectivity index (χ3n) is 2.81. The highest BCUT2D eigenvalue weighted by molar-refractivity contribution is 5.52. The third-order valence-corrected chi connectivity index (χ3v) is 2.81. The van der Waals surface area contributed by atoms with Gasteiger partial charge in [-0.1, -0.05) is 37.4 Å². The maximum atomic E-state index is 10.5. The van der Waals surface area contributed by atoms with E-state index in [1.54, 1.807) is 19.1 Å². The number of aliphatic hydroxyl groups is 1. The van der Waals surface area contributed by atoms with Crippen molar-refractivity contribution in [2.45, 2.75) is 12.5 Å². The second-order valence-corrected chi connectivity index (χ2v) is 3.86. The molecule has 0 amide bonds. The van der Waals surface area contributed by atoms with Crippen LogP contribution >= 0.6 is 0 Å². The summed E-state index contributed by atoms with van der Waals surface area (Å²) in [6, 6.07) is 7.41. The summed E-state index contributed by atoms with van der Waals surface area (Å²) in [6.45, 7) is 9.12. The van der Waals surface area contributed by atoms with Crippen molar-refractivity contribution in [2.75, 3.05) is 0 Å². The number of rotatable bonds is 2. The number of allylic oxidation sites excluding steroid dienone is 1. The predicted octanol–water partition coefficient (Wildman–Crippen LogP) is 2.91. The molecule has 1 atom stereocenters. The number of ether oxygens (including phenoxy) is 1. The number of para-hydroxylation sites is 1. The Labute approximate surface area is 95.2 Å². The van der Waals surface area contributed by atoms with Gasteiger partial charge in [-0.15, -0.1) is 0 Å². The standard InChI is InChI=1S/C14H14O2/c1-4-10-12(5-2)16-13-9-7-6-8-11(13)14(10,3)15/h4-9,15H,1-2H2,3H3. The van der Waals surface area contributed by atoms with Gasteiger partial charge in [-0.25, -0.2) is 0 Å². The molecule has 1 unspecified atom stereocenters. The van der Waals surface area contributed by atoms with Gasteiger partial charge in [0.25, 0.3) is 0 Å². The van der Waals surface area contributed by atoms with E-state index in [9.17, 15) is 5.11 Å². The Morgan fingerprint density at radius 3 is 2.56 bits per heavy atom. The van der Waals surface area contributed by atoms with Crippen LogP contribution in [0.4, 0.5) is 0 Å². The van der Waals surface area contributed by atoms with Crippen molar-refractivity contribution >= 4 is 0 Å². The lowest BCUT2D eigenvalue weighted by atomic mass is 9.84. The first kappa shape index (κ1) is 10.7. The van der Waals surface area contributed by atoms with E-state index >= 15 is 0 Å². The molecular formula is C14H14O2. The molecule has 0 spiro atoms. The normalized spacial score (nSPS) is 23.4. The highest BCUT2D eigenvalue weighted by atomic mass is 16.5. The van der Waals surface area contributed by atoms with Crippen molar-refractivity contribution in [3.63, 3.8) is 0 Å². The summed E-state index contributed by atoms with van der Waals surface area (Å²) in [7, 11) is 0. The minimum absolute atomic E-state index is 0.554. The third kappa shape index (κ3) is 1.39. The summed E-state index contributed by atoms with van der Waals surface area (Å²) < 4.78 is 5.65. The maximum Gasteiger partial charge on any atom is 0.133 e. The molecule has 2 nitrogen and oxygen atoms in total. The van der Waals surface area contributed by atoms with Crippen LogP contribution in [0, 0.1) is 0 Å². The molecule has 2 heteroatoms. The molecule has 0 bridgehead atoms. The van der Waals surface area contributed by atoms with Gasteiger partial charge in [-0.2, -0.15) is 0 Å². The summed E-state index contributed by atoms with van der Waals surface area (Å²) in [5, 5.41) is 10.5. The van der Waals surface area contributed by atoms with Crippen molar-refractivity contribution in [1.82, 2.24) is 0 Å². The predicted molar refractivity (Wildman–Crippen MR) is 64.1 cm³/mol. The molecule has 2 rings (SSSR count). The van der Waals surface area contributed by atoms with Crippen LogP contribution in [-0.4, -0.2) is 5.11 Å². The molecule has 1 N–H and O–H groups in total. The SMILES string of the molecule is C=CC1=C(C=C)C(C)(O)c2ccccc2O1. The minimum Gasteiger partial charge on any atom is -0.457 e. The van der Waals surface area contributed by atoms with Crippen molar-refractivity contribution < 1.29 is 9.84 Å². The monoisotopic (exact) mass is 214 g/mol. The second-order valence-electron chi connectivity index (χ2n) is 3.86. The first-order chi connectivity index (χ1) is 7.61. The van der Waals surface area contributed by atoms with E-state index in [1.165, 1.54) is 0 Å². The molecular weight excluding hydrogens is 200 g/mol. The van der Waals surface area contributed by atoms with Crippen LogP contribution in [-0.2, 0) is 5.60 Å². The van der Waals surface area contributed by atoms with Crippen molar-refractivity contribution in [2.24, 2.45) is 0 Å². The summed E-state index contributed by atoms with van der Waals surface area (Å²) in [6.07, 6.45) is 3.19. The first-order valence-electron chi connectivity index (χ1n) is 5.10. The molecule has 1 heterocycles. The van der Waals surface area contributed by atoms with E-state index in [-0.39, 0.29) is 0 Å². The number of fused-ring (bicyclic) bond motifs is 1. The number of hydrogen-bond donors (Lipinski definition) is 1. The zero-order chi connectivity index (χ0) is 11.8. The highest BCUT2D eigenvalue weighted by Gasteiger charge is 2.35. The van der Waals surface area contributed by atoms with E-state index in [1.807, 2.05) is 24.3 Å². The summed E-state index contributed by atoms with van der Waals surface area (Å²) >= 11 is 0. The Morgan fingerprint density at radius 1 is 1.25 bits per heavy atom. The molecule has 0 aliphatic carbocycles. The van der Waals surface area contributed by atoms with Crippen LogP contribution in [0.1, 0.15) is 12.5 Å². The summed E-state index contributed by atoms with van der Waals surface area (Å²) in [4.78, 5) is 0. The van der Waals surface area contributed by atoms with Crippen LogP contribution in [0.2, 0.25) is 0 Å². The number of benzene rings is 1. The molecule has 0 saturated heterocycles. The molecule has 1 aliphatic rings. The Hall–Kier alpha value is -1.80. The van der Waals surface area contributed by atoms with Gasteiger partial charge in [0, 0.05) is 11.1 Å². The van der Waals surface area contributed by atoms with Crippen molar-refractivity contribution in [3.05, 3.63) is 66.5 Å². The smallest absolute Gasteiger partial charge is 0.133 e. The van der Waals surface area contributed by atoms with Gasteiger partial charge in [0.15, 0.2) is 0 Å². The zero-order valence-corrected chi connectivity index (χ0v) is 9.23. The molecule has 0 fully saturated rings. The number of hydrogen-bond acceptors (Lipinski definition) is 2.